The van der Waals surface area contributed by atoms with Crippen molar-refractivity contribution >= 4 is 22.4 Å². The lowest BCUT2D eigenvalue weighted by Crippen LogP contribution is -2.53. The number of aromatic nitrogens is 1. The number of nitriles is 1. The molecule has 1 N–H and O–H groups in total. The van der Waals surface area contributed by atoms with E-state index < -0.39 is 5.54 Å². The Morgan fingerprint density at radius 2 is 2.17 bits per heavy atom. The molecule has 24 heavy (non-hydrogen) atoms. The predicted molar refractivity (Wildman–Crippen MR) is 95.0 cm³/mol. The number of carbonyl (C=O) groups excluding carboxylic acids is 1. The van der Waals surface area contributed by atoms with Gasteiger partial charge in [-0.3, -0.25) is 9.69 Å². The Hall–Kier alpha value is -1.65. The van der Waals surface area contributed by atoms with E-state index >= 15 is 0 Å². The van der Waals surface area contributed by atoms with E-state index in [1.165, 1.54) is 4.88 Å². The van der Waals surface area contributed by atoms with Crippen molar-refractivity contribution in [3.05, 3.63) is 11.1 Å². The Morgan fingerprint density at radius 1 is 1.46 bits per heavy atom. The zero-order valence-electron chi connectivity index (χ0n) is 14.4. The van der Waals surface area contributed by atoms with E-state index in [0.29, 0.717) is 12.5 Å². The Morgan fingerprint density at radius 3 is 2.71 bits per heavy atom. The fourth-order valence-corrected chi connectivity index (χ4v) is 4.02. The van der Waals surface area contributed by atoms with Gasteiger partial charge in [-0.1, -0.05) is 6.92 Å². The topological polar surface area (TPSA) is 72.3 Å². The number of nitrogens with one attached hydrogen (secondary N) is 1. The molecule has 2 fully saturated rings. The molecular formula is C17H25N5OS. The molecule has 0 unspecified atom stereocenters. The van der Waals surface area contributed by atoms with Crippen molar-refractivity contribution in [3.8, 4) is 6.07 Å². The molecule has 0 bridgehead atoms. The van der Waals surface area contributed by atoms with Gasteiger partial charge in [0.15, 0.2) is 5.13 Å². The minimum absolute atomic E-state index is 0.0399. The quantitative estimate of drug-likeness (QED) is 0.847. The fourth-order valence-electron chi connectivity index (χ4n) is 3.12. The lowest BCUT2D eigenvalue weighted by atomic mass is 9.98. The van der Waals surface area contributed by atoms with Crippen LogP contribution in [0.5, 0.6) is 0 Å². The number of aryl methyl sites for hydroxylation is 1. The molecule has 0 aromatic carbocycles. The molecule has 1 aliphatic carbocycles. The molecule has 2 aliphatic rings. The highest BCUT2D eigenvalue weighted by atomic mass is 32.1. The predicted octanol–water partition coefficient (Wildman–Crippen LogP) is 1.64. The molecule has 1 atom stereocenters. The summed E-state index contributed by atoms with van der Waals surface area (Å²) in [7, 11) is 0. The fraction of sp³-hybridized carbons (Fsp3) is 0.706. The van der Waals surface area contributed by atoms with Gasteiger partial charge in [-0.2, -0.15) is 5.26 Å². The zero-order valence-corrected chi connectivity index (χ0v) is 15.2. The largest absolute Gasteiger partial charge is 0.346 e. The third-order valence-corrected chi connectivity index (χ3v) is 6.13. The van der Waals surface area contributed by atoms with Crippen LogP contribution in [0.1, 0.15) is 31.6 Å². The monoisotopic (exact) mass is 347 g/mol. The highest BCUT2D eigenvalue weighted by Crippen LogP contribution is 2.39. The standard InChI is InChI=1S/C17H25N5OS/c1-3-14-10-19-16(24-14)22-8-6-21(7-9-22)11-15(23)20-17(2,12-18)13-4-5-13/h10,13H,3-9,11H2,1-2H3,(H,20,23)/t17-/m0/s1. The van der Waals surface area contributed by atoms with Gasteiger partial charge in [0.05, 0.1) is 12.6 Å². The van der Waals surface area contributed by atoms with Gasteiger partial charge < -0.3 is 10.2 Å². The molecule has 130 valence electrons. The first-order valence-corrected chi connectivity index (χ1v) is 9.50. The summed E-state index contributed by atoms with van der Waals surface area (Å²) in [5.74, 6) is 0.280. The summed E-state index contributed by atoms with van der Waals surface area (Å²) in [5, 5.41) is 13.4. The first-order chi connectivity index (χ1) is 11.5. The molecule has 0 radical (unpaired) electrons. The summed E-state index contributed by atoms with van der Waals surface area (Å²) in [4.78, 5) is 22.5. The van der Waals surface area contributed by atoms with E-state index in [9.17, 15) is 10.1 Å². The van der Waals surface area contributed by atoms with Crippen LogP contribution in [0.2, 0.25) is 0 Å². The van der Waals surface area contributed by atoms with Crippen molar-refractivity contribution in [2.24, 2.45) is 5.92 Å². The number of hydrogen-bond donors (Lipinski definition) is 1. The summed E-state index contributed by atoms with van der Waals surface area (Å²) in [6.45, 7) is 7.83. The Kier molecular flexibility index (Phi) is 5.07. The van der Waals surface area contributed by atoms with Crippen LogP contribution >= 0.6 is 11.3 Å². The molecule has 6 nitrogen and oxygen atoms in total. The molecule has 1 saturated heterocycles. The number of thiazole rings is 1. The Labute approximate surface area is 147 Å². The van der Waals surface area contributed by atoms with Gasteiger partial charge in [0.2, 0.25) is 5.91 Å². The van der Waals surface area contributed by atoms with Gasteiger partial charge in [0.25, 0.3) is 0 Å². The summed E-state index contributed by atoms with van der Waals surface area (Å²) >= 11 is 1.76. The summed E-state index contributed by atoms with van der Waals surface area (Å²) in [6, 6.07) is 2.28. The van der Waals surface area contributed by atoms with E-state index in [0.717, 1.165) is 50.6 Å². The third-order valence-electron chi connectivity index (χ3n) is 4.93. The molecule has 7 heteroatoms. The first kappa shape index (κ1) is 17.2. The molecule has 2 heterocycles. The van der Waals surface area contributed by atoms with Crippen LogP contribution in [0.4, 0.5) is 5.13 Å². The third kappa shape index (κ3) is 3.87. The molecule has 1 aromatic heterocycles. The lowest BCUT2D eigenvalue weighted by molar-refractivity contribution is -0.123. The summed E-state index contributed by atoms with van der Waals surface area (Å²) in [6.07, 6.45) is 5.06. The number of anilines is 1. The van der Waals surface area contributed by atoms with Gasteiger partial charge in [-0.15, -0.1) is 11.3 Å². The van der Waals surface area contributed by atoms with Crippen molar-refractivity contribution in [1.29, 1.82) is 5.26 Å². The van der Waals surface area contributed by atoms with Crippen molar-refractivity contribution in [3.63, 3.8) is 0 Å². The molecular weight excluding hydrogens is 322 g/mol. The van der Waals surface area contributed by atoms with Gasteiger partial charge in [-0.25, -0.2) is 4.98 Å². The van der Waals surface area contributed by atoms with Crippen molar-refractivity contribution < 1.29 is 4.79 Å². The van der Waals surface area contributed by atoms with E-state index in [2.05, 4.69) is 33.1 Å². The minimum atomic E-state index is -0.698. The maximum Gasteiger partial charge on any atom is 0.235 e. The Balaban J connectivity index is 1.46. The van der Waals surface area contributed by atoms with Crippen LogP contribution in [-0.4, -0.2) is 54.1 Å². The molecule has 1 aliphatic heterocycles. The van der Waals surface area contributed by atoms with Crippen LogP contribution < -0.4 is 10.2 Å². The van der Waals surface area contributed by atoms with Gasteiger partial charge in [0.1, 0.15) is 5.54 Å². The van der Waals surface area contributed by atoms with Crippen molar-refractivity contribution in [2.75, 3.05) is 37.6 Å². The smallest absolute Gasteiger partial charge is 0.235 e. The van der Waals surface area contributed by atoms with Crippen LogP contribution in [-0.2, 0) is 11.2 Å². The maximum atomic E-state index is 12.3. The van der Waals surface area contributed by atoms with E-state index in [4.69, 9.17) is 0 Å². The second-order valence-corrected chi connectivity index (χ2v) is 7.96. The lowest BCUT2D eigenvalue weighted by Gasteiger charge is -2.34. The number of carbonyl (C=O) groups is 1. The van der Waals surface area contributed by atoms with Crippen LogP contribution in [0.3, 0.4) is 0 Å². The van der Waals surface area contributed by atoms with Crippen LogP contribution in [0.25, 0.3) is 0 Å². The van der Waals surface area contributed by atoms with Crippen LogP contribution in [0, 0.1) is 17.2 Å². The first-order valence-electron chi connectivity index (χ1n) is 8.68. The molecule has 1 amide bonds. The average molecular weight is 347 g/mol. The summed E-state index contributed by atoms with van der Waals surface area (Å²) < 4.78 is 0. The van der Waals surface area contributed by atoms with E-state index in [1.807, 2.05) is 13.1 Å². The van der Waals surface area contributed by atoms with E-state index in [1.54, 1.807) is 11.3 Å². The van der Waals surface area contributed by atoms with Crippen LogP contribution in [0.15, 0.2) is 6.20 Å². The van der Waals surface area contributed by atoms with E-state index in [-0.39, 0.29) is 5.91 Å². The molecule has 1 aromatic rings. The highest BCUT2D eigenvalue weighted by molar-refractivity contribution is 7.15. The minimum Gasteiger partial charge on any atom is -0.346 e. The average Bonchev–Trinajstić information content (AvgIpc) is 3.34. The number of nitrogens with zero attached hydrogens (tertiary/aromatic N) is 4. The van der Waals surface area contributed by atoms with Gasteiger partial charge >= 0.3 is 0 Å². The maximum absolute atomic E-state index is 12.3. The Bertz CT molecular complexity index is 627. The van der Waals surface area contributed by atoms with Gasteiger partial charge in [-0.05, 0) is 32.1 Å². The SMILES string of the molecule is CCc1cnc(N2CCN(CC(=O)N[C@@](C)(C#N)C3CC3)CC2)s1. The number of amides is 1. The summed E-state index contributed by atoms with van der Waals surface area (Å²) in [5.41, 5.74) is -0.698. The number of hydrogen-bond acceptors (Lipinski definition) is 6. The van der Waals surface area contributed by atoms with Crippen molar-refractivity contribution in [1.82, 2.24) is 15.2 Å². The highest BCUT2D eigenvalue weighted by Gasteiger charge is 2.43. The molecule has 0 spiro atoms. The molecule has 3 rings (SSSR count). The zero-order chi connectivity index (χ0) is 17.2. The second kappa shape index (κ2) is 7.08. The second-order valence-electron chi connectivity index (χ2n) is 6.86. The number of rotatable bonds is 6. The normalized spacial score (nSPS) is 21.1. The van der Waals surface area contributed by atoms with Gasteiger partial charge in [0, 0.05) is 37.3 Å². The number of piperazine rings is 1. The molecule has 1 saturated carbocycles. The van der Waals surface area contributed by atoms with Crippen molar-refractivity contribution in [2.45, 2.75) is 38.6 Å².